The minimum atomic E-state index is -1.10. The highest BCUT2D eigenvalue weighted by molar-refractivity contribution is 5.84. The molecule has 1 aromatic carbocycles. The number of benzene rings is 1. The van der Waals surface area contributed by atoms with Crippen LogP contribution in [0.15, 0.2) is 24.3 Å². The van der Waals surface area contributed by atoms with E-state index in [2.05, 4.69) is 5.32 Å². The van der Waals surface area contributed by atoms with E-state index < -0.39 is 12.0 Å². The maximum absolute atomic E-state index is 12.0. The van der Waals surface area contributed by atoms with Gasteiger partial charge in [-0.2, -0.15) is 0 Å². The molecule has 2 unspecified atom stereocenters. The number of hydrogen-bond donors (Lipinski definition) is 2. The molecule has 22 heavy (non-hydrogen) atoms. The van der Waals surface area contributed by atoms with Crippen molar-refractivity contribution in [3.8, 4) is 5.75 Å². The van der Waals surface area contributed by atoms with Crippen LogP contribution in [0.2, 0.25) is 0 Å². The van der Waals surface area contributed by atoms with Gasteiger partial charge in [-0.05, 0) is 30.0 Å². The van der Waals surface area contributed by atoms with Gasteiger partial charge in [0.1, 0.15) is 5.75 Å². The van der Waals surface area contributed by atoms with Crippen molar-refractivity contribution in [1.82, 2.24) is 5.32 Å². The fourth-order valence-electron chi connectivity index (χ4n) is 2.19. The van der Waals surface area contributed by atoms with Crippen molar-refractivity contribution in [2.45, 2.75) is 31.7 Å². The molecular weight excluding hydrogens is 286 g/mol. The number of hydrogen-bond acceptors (Lipinski definition) is 4. The third-order valence-electron chi connectivity index (χ3n) is 3.48. The van der Waals surface area contributed by atoms with E-state index in [1.165, 1.54) is 7.11 Å². The molecule has 0 saturated heterocycles. The molecule has 0 aliphatic rings. The third kappa shape index (κ3) is 5.37. The number of methoxy groups -OCH3 is 2. The molecule has 6 nitrogen and oxygen atoms in total. The average Bonchev–Trinajstić information content (AvgIpc) is 2.52. The van der Waals surface area contributed by atoms with Crippen LogP contribution in [0, 0.1) is 0 Å². The zero-order valence-corrected chi connectivity index (χ0v) is 13.2. The minimum absolute atomic E-state index is 0.0305. The van der Waals surface area contributed by atoms with Crippen LogP contribution in [0.1, 0.15) is 31.2 Å². The van der Waals surface area contributed by atoms with Gasteiger partial charge >= 0.3 is 5.97 Å². The molecule has 0 radical (unpaired) electrons. The quantitative estimate of drug-likeness (QED) is 0.726. The monoisotopic (exact) mass is 309 g/mol. The molecule has 2 atom stereocenters. The Hall–Kier alpha value is -2.08. The summed E-state index contributed by atoms with van der Waals surface area (Å²) >= 11 is 0. The number of amides is 1. The van der Waals surface area contributed by atoms with Gasteiger partial charge in [-0.25, -0.2) is 4.79 Å². The van der Waals surface area contributed by atoms with Crippen LogP contribution < -0.4 is 10.1 Å². The highest BCUT2D eigenvalue weighted by atomic mass is 16.5. The average molecular weight is 309 g/mol. The molecule has 0 heterocycles. The smallest absolute Gasteiger partial charge is 0.328 e. The van der Waals surface area contributed by atoms with E-state index in [9.17, 15) is 9.59 Å². The van der Waals surface area contributed by atoms with Crippen molar-refractivity contribution in [3.63, 3.8) is 0 Å². The molecule has 1 amide bonds. The lowest BCUT2D eigenvalue weighted by Gasteiger charge is -2.18. The molecule has 0 bridgehead atoms. The van der Waals surface area contributed by atoms with Gasteiger partial charge in [0.15, 0.2) is 6.04 Å². The van der Waals surface area contributed by atoms with Crippen molar-refractivity contribution in [2.75, 3.05) is 20.8 Å². The van der Waals surface area contributed by atoms with Crippen molar-refractivity contribution in [2.24, 2.45) is 0 Å². The van der Waals surface area contributed by atoms with Crippen molar-refractivity contribution < 1.29 is 24.2 Å². The van der Waals surface area contributed by atoms with E-state index in [4.69, 9.17) is 14.6 Å². The number of ether oxygens (including phenoxy) is 2. The largest absolute Gasteiger partial charge is 0.497 e. The predicted molar refractivity (Wildman–Crippen MR) is 82.1 cm³/mol. The zero-order valence-electron chi connectivity index (χ0n) is 13.2. The summed E-state index contributed by atoms with van der Waals surface area (Å²) in [7, 11) is 3.00. The number of carbonyl (C=O) groups excluding carboxylic acids is 1. The summed E-state index contributed by atoms with van der Waals surface area (Å²) in [5.74, 6) is -0.614. The van der Waals surface area contributed by atoms with E-state index in [1.807, 2.05) is 31.2 Å². The van der Waals surface area contributed by atoms with Crippen LogP contribution >= 0.6 is 0 Å². The molecule has 0 spiro atoms. The van der Waals surface area contributed by atoms with Crippen LogP contribution in [0.3, 0.4) is 0 Å². The summed E-state index contributed by atoms with van der Waals surface area (Å²) in [6.45, 7) is 1.94. The molecule has 0 aliphatic carbocycles. The van der Waals surface area contributed by atoms with Gasteiger partial charge in [0.2, 0.25) is 5.91 Å². The second-order valence-electron chi connectivity index (χ2n) is 5.00. The van der Waals surface area contributed by atoms with E-state index in [0.29, 0.717) is 0 Å². The van der Waals surface area contributed by atoms with Gasteiger partial charge in [-0.15, -0.1) is 0 Å². The molecule has 0 aliphatic heterocycles. The Kier molecular flexibility index (Phi) is 7.39. The molecule has 122 valence electrons. The van der Waals surface area contributed by atoms with Gasteiger partial charge < -0.3 is 19.9 Å². The minimum Gasteiger partial charge on any atom is -0.497 e. The summed E-state index contributed by atoms with van der Waals surface area (Å²) in [5, 5.41) is 11.5. The topological polar surface area (TPSA) is 84.9 Å². The predicted octanol–water partition coefficient (Wildman–Crippen LogP) is 1.79. The lowest BCUT2D eigenvalue weighted by Crippen LogP contribution is -2.44. The molecule has 1 aromatic rings. The number of nitrogens with one attached hydrogen (secondary N) is 1. The second-order valence-corrected chi connectivity index (χ2v) is 5.00. The zero-order chi connectivity index (χ0) is 16.5. The van der Waals surface area contributed by atoms with Gasteiger partial charge in [0.25, 0.3) is 0 Å². The molecule has 2 N–H and O–H groups in total. The van der Waals surface area contributed by atoms with E-state index in [1.54, 1.807) is 7.11 Å². The SMILES string of the molecule is CCC(CC(=O)NC(COC)C(=O)O)c1ccc(OC)cc1. The van der Waals surface area contributed by atoms with Crippen LogP contribution in [0.25, 0.3) is 0 Å². The Morgan fingerprint density at radius 1 is 1.23 bits per heavy atom. The van der Waals surface area contributed by atoms with Gasteiger partial charge in [0, 0.05) is 13.5 Å². The van der Waals surface area contributed by atoms with Gasteiger partial charge in [-0.1, -0.05) is 19.1 Å². The first-order valence-corrected chi connectivity index (χ1v) is 7.16. The Bertz CT molecular complexity index is 486. The normalized spacial score (nSPS) is 13.2. The first-order valence-electron chi connectivity index (χ1n) is 7.16. The maximum Gasteiger partial charge on any atom is 0.328 e. The van der Waals surface area contributed by atoms with E-state index in [0.717, 1.165) is 17.7 Å². The number of carboxylic acids is 1. The summed E-state index contributed by atoms with van der Waals surface area (Å²) in [4.78, 5) is 23.1. The van der Waals surface area contributed by atoms with E-state index in [-0.39, 0.29) is 24.9 Å². The first-order chi connectivity index (χ1) is 10.5. The standard InChI is InChI=1S/C16H23NO5/c1-4-11(12-5-7-13(22-3)8-6-12)9-15(18)17-14(10-21-2)16(19)20/h5-8,11,14H,4,9-10H2,1-3H3,(H,17,18)(H,19,20). The van der Waals surface area contributed by atoms with Gasteiger partial charge in [-0.3, -0.25) is 4.79 Å². The van der Waals surface area contributed by atoms with Crippen molar-refractivity contribution in [3.05, 3.63) is 29.8 Å². The van der Waals surface area contributed by atoms with Crippen molar-refractivity contribution >= 4 is 11.9 Å². The number of carbonyl (C=O) groups is 2. The Labute approximate surface area is 130 Å². The molecular formula is C16H23NO5. The van der Waals surface area contributed by atoms with Crippen molar-refractivity contribution in [1.29, 1.82) is 0 Å². The lowest BCUT2D eigenvalue weighted by molar-refractivity contribution is -0.143. The lowest BCUT2D eigenvalue weighted by atomic mass is 9.93. The fourth-order valence-corrected chi connectivity index (χ4v) is 2.19. The number of aliphatic carboxylic acids is 1. The van der Waals surface area contributed by atoms with Crippen LogP contribution in [-0.2, 0) is 14.3 Å². The molecule has 6 heteroatoms. The molecule has 0 saturated carbocycles. The Morgan fingerprint density at radius 3 is 2.32 bits per heavy atom. The van der Waals surface area contributed by atoms with Crippen LogP contribution in [0.5, 0.6) is 5.75 Å². The van der Waals surface area contributed by atoms with Crippen LogP contribution in [0.4, 0.5) is 0 Å². The van der Waals surface area contributed by atoms with Gasteiger partial charge in [0.05, 0.1) is 13.7 Å². The molecule has 0 fully saturated rings. The van der Waals surface area contributed by atoms with Crippen LogP contribution in [-0.4, -0.2) is 43.9 Å². The first kappa shape index (κ1) is 18.0. The molecule has 0 aromatic heterocycles. The Morgan fingerprint density at radius 2 is 1.86 bits per heavy atom. The summed E-state index contributed by atoms with van der Waals surface area (Å²) < 4.78 is 9.91. The second kappa shape index (κ2) is 9.04. The highest BCUT2D eigenvalue weighted by Gasteiger charge is 2.22. The highest BCUT2D eigenvalue weighted by Crippen LogP contribution is 2.25. The number of carboxylic acid groups (broad SMARTS) is 1. The van der Waals surface area contributed by atoms with E-state index >= 15 is 0 Å². The summed E-state index contributed by atoms with van der Waals surface area (Å²) in [6, 6.07) is 6.52. The summed E-state index contributed by atoms with van der Waals surface area (Å²) in [5.41, 5.74) is 1.03. The maximum atomic E-state index is 12.0. The summed E-state index contributed by atoms with van der Waals surface area (Å²) in [6.07, 6.45) is 1.01. The third-order valence-corrected chi connectivity index (χ3v) is 3.48. The Balaban J connectivity index is 2.67. The number of rotatable bonds is 9. The molecule has 1 rings (SSSR count). The fraction of sp³-hybridized carbons (Fsp3) is 0.500.